The number of aromatic nitrogens is 6. The first-order chi connectivity index (χ1) is 36.1. The predicted octanol–water partition coefficient (Wildman–Crippen LogP) is 6.59. The molecule has 3 aromatic carbocycles. The Kier molecular flexibility index (Phi) is 19.9. The van der Waals surface area contributed by atoms with E-state index < -0.39 is 35.4 Å². The Morgan fingerprint density at radius 1 is 0.867 bits per heavy atom. The lowest BCUT2D eigenvalue weighted by atomic mass is 9.85. The van der Waals surface area contributed by atoms with E-state index in [0.29, 0.717) is 62.3 Å². The molecule has 0 bridgehead atoms. The Bertz CT molecular complexity index is 2820. The number of likely N-dealkylation sites (tertiary alicyclic amines) is 1. The Hall–Kier alpha value is -7.13. The zero-order valence-electron chi connectivity index (χ0n) is 43.6. The normalized spacial score (nSPS) is 15.3. The number of hydrogen-bond donors (Lipinski definition) is 5. The molecule has 0 radical (unpaired) electrons. The van der Waals surface area contributed by atoms with Gasteiger partial charge in [0.1, 0.15) is 36.5 Å². The third-order valence-electron chi connectivity index (χ3n) is 12.8. The second-order valence-electron chi connectivity index (χ2n) is 19.7. The number of thiazole rings is 1. The molecule has 19 nitrogen and oxygen atoms in total. The molecule has 4 atom stereocenters. The summed E-state index contributed by atoms with van der Waals surface area (Å²) >= 11 is 1.57. The SMILES string of the molecule is Cc1ncsc1-c1ccc(CNC(=O)[C@@H]2C[C@@H](O)CN2C(=O)C(NC(=O)COCCCOCCCCCOc2cccc([C@@H](C)NC(=O)c3cccc(NCc4nnc(-c5ccncn5)n4C)c3)c2)C(C)(C)C)cc1. The molecule has 0 aliphatic carbocycles. The number of amides is 4. The van der Waals surface area contributed by atoms with E-state index in [9.17, 15) is 24.3 Å². The van der Waals surface area contributed by atoms with Gasteiger partial charge in [0.2, 0.25) is 17.7 Å². The fourth-order valence-electron chi connectivity index (χ4n) is 8.54. The Balaban J connectivity index is 0.737. The second kappa shape index (κ2) is 26.9. The minimum Gasteiger partial charge on any atom is -0.494 e. The van der Waals surface area contributed by atoms with E-state index in [1.165, 1.54) is 11.2 Å². The third kappa shape index (κ3) is 15.9. The molecular weight excluding hydrogens is 975 g/mol. The number of β-amino-alcohol motifs (C(OH)–C–C–N with tert-alkyl or cyclic N) is 1. The first kappa shape index (κ1) is 55.6. The smallest absolute Gasteiger partial charge is 0.251 e. The van der Waals surface area contributed by atoms with Crippen molar-refractivity contribution in [3.05, 3.63) is 125 Å². The van der Waals surface area contributed by atoms with E-state index in [4.69, 9.17) is 14.2 Å². The summed E-state index contributed by atoms with van der Waals surface area (Å²) in [5.74, 6) is 0.633. The van der Waals surface area contributed by atoms with Crippen LogP contribution >= 0.6 is 11.3 Å². The first-order valence-corrected chi connectivity index (χ1v) is 26.2. The van der Waals surface area contributed by atoms with Gasteiger partial charge in [-0.2, -0.15) is 0 Å². The fraction of sp³-hybridized carbons (Fsp3) is 0.436. The lowest BCUT2D eigenvalue weighted by Crippen LogP contribution is -2.58. The minimum atomic E-state index is -0.950. The molecule has 0 saturated carbocycles. The highest BCUT2D eigenvalue weighted by Crippen LogP contribution is 2.29. The standard InChI is InChI=1S/C55H69N11O8S/c1-36(61-52(69)41-14-10-15-42(27-41)57-31-47-63-64-51(65(47)6)45-21-22-56-34-59-45)40-13-11-16-44(28-40)74-26-9-7-8-23-72-24-12-25-73-33-48(68)62-50(55(3,4)5)54(71)66-32-43(67)29-46(66)53(70)58-30-38-17-19-39(20-18-38)49-37(2)60-35-75-49/h10-11,13-22,27-28,34-36,43,46,50,57,67H,7-9,12,23-26,29-33H2,1-6H3,(H,58,70)(H,61,69)(H,62,68)/t36-,43-,46+,50?/m1/s1. The molecule has 398 valence electrons. The molecule has 5 N–H and O–H groups in total. The van der Waals surface area contributed by atoms with Crippen molar-refractivity contribution < 1.29 is 38.5 Å². The zero-order chi connectivity index (χ0) is 53.3. The largest absolute Gasteiger partial charge is 0.494 e. The van der Waals surface area contributed by atoms with Crippen LogP contribution in [0.25, 0.3) is 22.0 Å². The van der Waals surface area contributed by atoms with Crippen molar-refractivity contribution in [1.82, 2.24) is 50.6 Å². The molecule has 3 aromatic heterocycles. The number of nitrogens with zero attached hydrogens (tertiary/aromatic N) is 7. The number of nitrogens with one attached hydrogen (secondary N) is 4. The summed E-state index contributed by atoms with van der Waals surface area (Å²) in [6.07, 6.45) is 5.58. The highest BCUT2D eigenvalue weighted by molar-refractivity contribution is 7.13. The number of rotatable bonds is 26. The Morgan fingerprint density at radius 2 is 1.64 bits per heavy atom. The maximum Gasteiger partial charge on any atom is 0.251 e. The number of aryl methyl sites for hydroxylation is 1. The molecular formula is C55H69N11O8S. The number of hydrogen-bond acceptors (Lipinski definition) is 15. The van der Waals surface area contributed by atoms with Crippen LogP contribution in [0.1, 0.15) is 98.8 Å². The van der Waals surface area contributed by atoms with Gasteiger partial charge in [-0.05, 0) is 98.0 Å². The van der Waals surface area contributed by atoms with E-state index in [-0.39, 0.29) is 44.0 Å². The molecule has 7 rings (SSSR count). The molecule has 1 aliphatic rings. The Labute approximate surface area is 442 Å². The summed E-state index contributed by atoms with van der Waals surface area (Å²) in [5.41, 5.74) is 6.93. The summed E-state index contributed by atoms with van der Waals surface area (Å²) < 4.78 is 19.3. The van der Waals surface area contributed by atoms with Gasteiger partial charge >= 0.3 is 0 Å². The minimum absolute atomic E-state index is 0.00952. The molecule has 4 amide bonds. The first-order valence-electron chi connectivity index (χ1n) is 25.4. The van der Waals surface area contributed by atoms with E-state index in [1.807, 2.05) is 112 Å². The van der Waals surface area contributed by atoms with Gasteiger partial charge in [0.25, 0.3) is 5.91 Å². The summed E-state index contributed by atoms with van der Waals surface area (Å²) in [5, 5.41) is 31.3. The van der Waals surface area contributed by atoms with Crippen molar-refractivity contribution in [1.29, 1.82) is 0 Å². The Morgan fingerprint density at radius 3 is 2.40 bits per heavy atom. The van der Waals surface area contributed by atoms with Crippen LogP contribution < -0.4 is 26.0 Å². The van der Waals surface area contributed by atoms with Crippen LogP contribution in [0.15, 0.2) is 96.9 Å². The van der Waals surface area contributed by atoms with Gasteiger partial charge in [0.15, 0.2) is 11.6 Å². The van der Waals surface area contributed by atoms with E-state index >= 15 is 0 Å². The van der Waals surface area contributed by atoms with Crippen molar-refractivity contribution in [2.75, 3.05) is 44.9 Å². The van der Waals surface area contributed by atoms with Gasteiger partial charge in [-0.3, -0.25) is 19.2 Å². The number of anilines is 1. The molecule has 1 fully saturated rings. The average molecular weight is 1040 g/mol. The molecule has 20 heteroatoms. The topological polar surface area (TPSA) is 237 Å². The van der Waals surface area contributed by atoms with Crippen molar-refractivity contribution >= 4 is 40.7 Å². The lowest BCUT2D eigenvalue weighted by Gasteiger charge is -2.35. The number of unbranched alkanes of at least 4 members (excludes halogenated alkanes) is 2. The highest BCUT2D eigenvalue weighted by atomic mass is 32.1. The summed E-state index contributed by atoms with van der Waals surface area (Å²) in [4.78, 5) is 68.8. The van der Waals surface area contributed by atoms with Gasteiger partial charge in [-0.1, -0.05) is 63.2 Å². The molecule has 0 spiro atoms. The number of aliphatic hydroxyl groups excluding tert-OH is 1. The number of carbonyl (C=O) groups excluding carboxylic acids is 4. The van der Waals surface area contributed by atoms with Gasteiger partial charge in [0.05, 0.1) is 41.4 Å². The van der Waals surface area contributed by atoms with Crippen molar-refractivity contribution in [3.8, 4) is 27.7 Å². The quantitative estimate of drug-likeness (QED) is 0.0361. The van der Waals surface area contributed by atoms with Gasteiger partial charge in [-0.25, -0.2) is 15.0 Å². The van der Waals surface area contributed by atoms with Crippen LogP contribution in [-0.2, 0) is 44.0 Å². The number of ether oxygens (including phenoxy) is 3. The maximum absolute atomic E-state index is 14.0. The van der Waals surface area contributed by atoms with Crippen LogP contribution in [0.5, 0.6) is 5.75 Å². The van der Waals surface area contributed by atoms with Gasteiger partial charge in [-0.15, -0.1) is 21.5 Å². The number of aliphatic hydroxyl groups is 1. The number of carbonyl (C=O) groups is 4. The summed E-state index contributed by atoms with van der Waals surface area (Å²) in [7, 11) is 1.88. The van der Waals surface area contributed by atoms with Crippen LogP contribution in [0.4, 0.5) is 5.69 Å². The molecule has 4 heterocycles. The van der Waals surface area contributed by atoms with Crippen LogP contribution in [0, 0.1) is 12.3 Å². The molecule has 1 saturated heterocycles. The van der Waals surface area contributed by atoms with E-state index in [2.05, 4.69) is 46.4 Å². The van der Waals surface area contributed by atoms with Crippen molar-refractivity contribution in [2.45, 2.75) is 104 Å². The molecule has 1 unspecified atom stereocenters. The zero-order valence-corrected chi connectivity index (χ0v) is 44.4. The van der Waals surface area contributed by atoms with E-state index in [1.54, 1.807) is 35.7 Å². The third-order valence-corrected chi connectivity index (χ3v) is 13.8. The van der Waals surface area contributed by atoms with E-state index in [0.717, 1.165) is 58.0 Å². The molecule has 75 heavy (non-hydrogen) atoms. The van der Waals surface area contributed by atoms with Gasteiger partial charge < -0.3 is 50.1 Å². The van der Waals surface area contributed by atoms with Crippen LogP contribution in [0.2, 0.25) is 0 Å². The highest BCUT2D eigenvalue weighted by Gasteiger charge is 2.44. The van der Waals surface area contributed by atoms with Crippen molar-refractivity contribution in [3.63, 3.8) is 0 Å². The van der Waals surface area contributed by atoms with Crippen LogP contribution in [0.3, 0.4) is 0 Å². The molecule has 1 aliphatic heterocycles. The lowest BCUT2D eigenvalue weighted by molar-refractivity contribution is -0.144. The van der Waals surface area contributed by atoms with Gasteiger partial charge in [0, 0.05) is 63.8 Å². The monoisotopic (exact) mass is 1040 g/mol. The summed E-state index contributed by atoms with van der Waals surface area (Å²) in [6, 6.07) is 22.6. The summed E-state index contributed by atoms with van der Waals surface area (Å²) in [6.45, 7) is 11.7. The van der Waals surface area contributed by atoms with Crippen LogP contribution in [-0.4, -0.2) is 121 Å². The fourth-order valence-corrected chi connectivity index (χ4v) is 9.35. The maximum atomic E-state index is 14.0. The molecule has 6 aromatic rings. The second-order valence-corrected chi connectivity index (χ2v) is 20.5. The number of benzene rings is 3. The van der Waals surface area contributed by atoms with Crippen molar-refractivity contribution in [2.24, 2.45) is 12.5 Å². The average Bonchev–Trinajstić information content (AvgIpc) is 4.14. The predicted molar refractivity (Wildman–Crippen MR) is 285 cm³/mol.